The molecule has 7 atom stereocenters. The van der Waals surface area contributed by atoms with Gasteiger partial charge in [0, 0.05) is 31.8 Å². The van der Waals surface area contributed by atoms with E-state index in [1.807, 2.05) is 51.1 Å². The molecule has 2 aliphatic heterocycles. The minimum Gasteiger partial charge on any atom is -0.462 e. The van der Waals surface area contributed by atoms with Crippen LogP contribution in [0.15, 0.2) is 30.3 Å². The molecule has 0 aromatic heterocycles. The number of ether oxygens (including phenoxy) is 4. The highest BCUT2D eigenvalue weighted by molar-refractivity contribution is 5.66. The van der Waals surface area contributed by atoms with E-state index in [0.29, 0.717) is 32.5 Å². The summed E-state index contributed by atoms with van der Waals surface area (Å²) in [6.45, 7) is 8.38. The lowest BCUT2D eigenvalue weighted by atomic mass is 9.75. The van der Waals surface area contributed by atoms with Gasteiger partial charge in [-0.3, -0.25) is 4.79 Å². The molecule has 1 spiro atoms. The first-order valence-corrected chi connectivity index (χ1v) is 10.6. The second kappa shape index (κ2) is 9.56. The Kier molecular flexibility index (Phi) is 7.32. The van der Waals surface area contributed by atoms with E-state index in [1.165, 1.54) is 6.92 Å². The Morgan fingerprint density at radius 1 is 1.14 bits per heavy atom. The molecule has 2 heterocycles. The Labute approximate surface area is 173 Å². The van der Waals surface area contributed by atoms with Crippen LogP contribution in [-0.4, -0.2) is 47.9 Å². The second-order valence-electron chi connectivity index (χ2n) is 8.48. The summed E-state index contributed by atoms with van der Waals surface area (Å²) in [7, 11) is 0. The number of benzene rings is 1. The van der Waals surface area contributed by atoms with Crippen molar-refractivity contribution in [1.82, 2.24) is 0 Å². The summed E-state index contributed by atoms with van der Waals surface area (Å²) in [6, 6.07) is 10.0. The van der Waals surface area contributed by atoms with Gasteiger partial charge in [-0.25, -0.2) is 0 Å². The van der Waals surface area contributed by atoms with E-state index < -0.39 is 11.9 Å². The molecule has 6 nitrogen and oxygen atoms in total. The summed E-state index contributed by atoms with van der Waals surface area (Å²) in [4.78, 5) is 11.7. The van der Waals surface area contributed by atoms with Crippen molar-refractivity contribution in [3.8, 4) is 0 Å². The van der Waals surface area contributed by atoms with Crippen LogP contribution in [-0.2, 0) is 30.3 Å². The van der Waals surface area contributed by atoms with Gasteiger partial charge in [-0.2, -0.15) is 0 Å². The van der Waals surface area contributed by atoms with Crippen molar-refractivity contribution >= 4 is 5.97 Å². The minimum atomic E-state index is -0.973. The largest absolute Gasteiger partial charge is 0.462 e. The number of carbonyl (C=O) groups excluding carboxylic acids is 1. The van der Waals surface area contributed by atoms with Crippen LogP contribution in [0.5, 0.6) is 0 Å². The van der Waals surface area contributed by atoms with Gasteiger partial charge in [0.1, 0.15) is 6.10 Å². The van der Waals surface area contributed by atoms with Gasteiger partial charge in [-0.15, -0.1) is 0 Å². The zero-order valence-electron chi connectivity index (χ0n) is 17.9. The van der Waals surface area contributed by atoms with Gasteiger partial charge >= 0.3 is 5.97 Å². The van der Waals surface area contributed by atoms with E-state index in [2.05, 4.69) is 0 Å². The van der Waals surface area contributed by atoms with Crippen molar-refractivity contribution in [1.29, 1.82) is 0 Å². The molecule has 2 fully saturated rings. The van der Waals surface area contributed by atoms with E-state index in [0.717, 1.165) is 5.56 Å². The number of aliphatic hydroxyl groups excluding tert-OH is 1. The lowest BCUT2D eigenvalue weighted by Crippen LogP contribution is -2.64. The van der Waals surface area contributed by atoms with E-state index in [4.69, 9.17) is 18.9 Å². The van der Waals surface area contributed by atoms with Crippen molar-refractivity contribution in [3.05, 3.63) is 35.9 Å². The molecular weight excluding hydrogens is 372 g/mol. The standard InChI is InChI=1S/C23H34O6/c1-15-12-21(25)16(2)23(28-15)17(3)22(27-18(4)24)13-20(29-23)10-11-26-14-19-8-6-5-7-9-19/h5-9,15-17,20-22,25H,10-14H2,1-4H3/t15-,16-,17+,20-,21+,22+,23+/m0/s1. The first kappa shape index (κ1) is 22.2. The lowest BCUT2D eigenvalue weighted by Gasteiger charge is -2.55. The Balaban J connectivity index is 1.67. The van der Waals surface area contributed by atoms with Crippen LogP contribution in [0.3, 0.4) is 0 Å². The zero-order valence-corrected chi connectivity index (χ0v) is 17.9. The van der Waals surface area contributed by atoms with Crippen LogP contribution in [0.25, 0.3) is 0 Å². The average molecular weight is 407 g/mol. The molecule has 162 valence electrons. The molecule has 1 aromatic rings. The Morgan fingerprint density at radius 3 is 2.55 bits per heavy atom. The second-order valence-corrected chi connectivity index (χ2v) is 8.48. The Morgan fingerprint density at radius 2 is 1.86 bits per heavy atom. The lowest BCUT2D eigenvalue weighted by molar-refractivity contribution is -0.382. The fourth-order valence-electron chi connectivity index (χ4n) is 4.60. The molecule has 0 saturated carbocycles. The maximum atomic E-state index is 11.7. The highest BCUT2D eigenvalue weighted by Gasteiger charge is 2.57. The van der Waals surface area contributed by atoms with Gasteiger partial charge in [0.15, 0.2) is 5.79 Å². The fraction of sp³-hybridized carbons (Fsp3) is 0.696. The van der Waals surface area contributed by atoms with Gasteiger partial charge in [0.2, 0.25) is 0 Å². The number of esters is 1. The molecule has 0 radical (unpaired) electrons. The van der Waals surface area contributed by atoms with E-state index >= 15 is 0 Å². The van der Waals surface area contributed by atoms with Crippen LogP contribution in [0.1, 0.15) is 52.5 Å². The molecular formula is C23H34O6. The number of aliphatic hydroxyl groups is 1. The molecule has 3 rings (SSSR count). The average Bonchev–Trinajstić information content (AvgIpc) is 2.67. The van der Waals surface area contributed by atoms with Crippen LogP contribution in [0.4, 0.5) is 0 Å². The Hall–Kier alpha value is -1.47. The zero-order chi connectivity index (χ0) is 21.0. The SMILES string of the molecule is CC(=O)O[C@@H]1C[C@H](CCOCc2ccccc2)O[C@@]2(O[C@@H](C)C[C@@H](O)[C@@H]2C)[C@@H]1C. The number of hydrogen-bond acceptors (Lipinski definition) is 6. The van der Waals surface area contributed by atoms with Crippen molar-refractivity contribution < 1.29 is 28.8 Å². The summed E-state index contributed by atoms with van der Waals surface area (Å²) >= 11 is 0. The molecule has 0 aliphatic carbocycles. The maximum Gasteiger partial charge on any atom is 0.302 e. The summed E-state index contributed by atoms with van der Waals surface area (Å²) in [5, 5.41) is 10.6. The summed E-state index contributed by atoms with van der Waals surface area (Å²) in [6.07, 6.45) is 0.688. The van der Waals surface area contributed by atoms with Gasteiger partial charge in [-0.05, 0) is 25.3 Å². The minimum absolute atomic E-state index is 0.130. The highest BCUT2D eigenvalue weighted by atomic mass is 16.7. The van der Waals surface area contributed by atoms with E-state index in [1.54, 1.807) is 0 Å². The van der Waals surface area contributed by atoms with Gasteiger partial charge in [0.05, 0.1) is 24.9 Å². The van der Waals surface area contributed by atoms with E-state index in [9.17, 15) is 9.90 Å². The molecule has 1 N–H and O–H groups in total. The molecule has 2 saturated heterocycles. The smallest absolute Gasteiger partial charge is 0.302 e. The first-order chi connectivity index (χ1) is 13.8. The number of rotatable bonds is 6. The van der Waals surface area contributed by atoms with Crippen LogP contribution in [0.2, 0.25) is 0 Å². The van der Waals surface area contributed by atoms with Crippen molar-refractivity contribution in [2.75, 3.05) is 6.61 Å². The number of carbonyl (C=O) groups is 1. The predicted octanol–water partition coefficient (Wildman–Crippen LogP) is 3.45. The van der Waals surface area contributed by atoms with Gasteiger partial charge in [0.25, 0.3) is 0 Å². The predicted molar refractivity (Wildman–Crippen MR) is 108 cm³/mol. The third-order valence-corrected chi connectivity index (χ3v) is 6.22. The third kappa shape index (κ3) is 5.18. The third-order valence-electron chi connectivity index (χ3n) is 6.22. The van der Waals surface area contributed by atoms with Crippen LogP contribution in [0, 0.1) is 11.8 Å². The van der Waals surface area contributed by atoms with Gasteiger partial charge < -0.3 is 24.1 Å². The first-order valence-electron chi connectivity index (χ1n) is 10.6. The maximum absolute atomic E-state index is 11.7. The van der Waals surface area contributed by atoms with Crippen molar-refractivity contribution in [3.63, 3.8) is 0 Å². The molecule has 1 aromatic carbocycles. The van der Waals surface area contributed by atoms with Crippen LogP contribution < -0.4 is 0 Å². The normalized spacial score (nSPS) is 37.4. The molecule has 0 bridgehead atoms. The summed E-state index contributed by atoms with van der Waals surface area (Å²) in [5.41, 5.74) is 1.13. The van der Waals surface area contributed by atoms with Crippen molar-refractivity contribution in [2.24, 2.45) is 11.8 Å². The molecule has 6 heteroatoms. The molecule has 2 aliphatic rings. The molecule has 0 unspecified atom stereocenters. The van der Waals surface area contributed by atoms with E-state index in [-0.39, 0.29) is 36.1 Å². The quantitative estimate of drug-likeness (QED) is 0.576. The van der Waals surface area contributed by atoms with Gasteiger partial charge in [-0.1, -0.05) is 44.2 Å². The molecule has 0 amide bonds. The fourth-order valence-corrected chi connectivity index (χ4v) is 4.60. The van der Waals surface area contributed by atoms with Crippen molar-refractivity contribution in [2.45, 2.75) is 83.8 Å². The highest BCUT2D eigenvalue weighted by Crippen LogP contribution is 2.47. The van der Waals surface area contributed by atoms with Crippen LogP contribution >= 0.6 is 0 Å². The Bertz CT molecular complexity index is 665. The summed E-state index contributed by atoms with van der Waals surface area (Å²) < 4.78 is 24.3. The topological polar surface area (TPSA) is 74.2 Å². The monoisotopic (exact) mass is 406 g/mol. The molecule has 29 heavy (non-hydrogen) atoms. The summed E-state index contributed by atoms with van der Waals surface area (Å²) in [5.74, 6) is -1.69. The number of hydrogen-bond donors (Lipinski definition) is 1.